The molecular weight excluding hydrogens is 793 g/mol. The Hall–Kier alpha value is -4.68. The lowest BCUT2D eigenvalue weighted by Crippen LogP contribution is -1.97. The van der Waals surface area contributed by atoms with Gasteiger partial charge in [0.1, 0.15) is 0 Å². The molecule has 0 heterocycles. The van der Waals surface area contributed by atoms with E-state index in [1.54, 1.807) is 0 Å². The lowest BCUT2D eigenvalue weighted by molar-refractivity contribution is 1.10. The highest BCUT2D eigenvalue weighted by Crippen LogP contribution is 2.22. The molecule has 0 heteroatoms. The lowest BCUT2D eigenvalue weighted by atomic mass is 9.93. The molecule has 372 valence electrons. The fraction of sp³-hybridized carbons (Fsp3) is 0.455. The normalized spacial score (nSPS) is 8.73. The van der Waals surface area contributed by atoms with Crippen LogP contribution in [0.15, 0.2) is 109 Å². The summed E-state index contributed by atoms with van der Waals surface area (Å²) in [5.74, 6) is 0. The second kappa shape index (κ2) is 42.9. The number of hydrogen-bond donors (Lipinski definition) is 0. The molecule has 0 fully saturated rings. The van der Waals surface area contributed by atoms with Crippen LogP contribution in [0.3, 0.4) is 0 Å². The van der Waals surface area contributed by atoms with Gasteiger partial charge in [0, 0.05) is 0 Å². The number of hydrogen-bond acceptors (Lipinski definition) is 0. The highest BCUT2D eigenvalue weighted by atomic mass is 14.1. The average Bonchev–Trinajstić information content (AvgIpc) is 3.31. The Labute approximate surface area is 415 Å². The molecule has 0 aliphatic heterocycles. The van der Waals surface area contributed by atoms with Crippen molar-refractivity contribution in [2.75, 3.05) is 0 Å². The maximum absolute atomic E-state index is 2.30. The summed E-state index contributed by atoms with van der Waals surface area (Å²) >= 11 is 0. The van der Waals surface area contributed by atoms with Crippen LogP contribution in [0.5, 0.6) is 0 Å². The van der Waals surface area contributed by atoms with E-state index in [1.165, 1.54) is 100 Å². The van der Waals surface area contributed by atoms with E-state index in [0.717, 1.165) is 19.3 Å². The van der Waals surface area contributed by atoms with Gasteiger partial charge in [0.15, 0.2) is 0 Å². The Balaban J connectivity index is -0.000000179. The van der Waals surface area contributed by atoms with Crippen LogP contribution in [0, 0.1) is 83.1 Å². The van der Waals surface area contributed by atoms with Crippen LogP contribution in [0.4, 0.5) is 0 Å². The molecule has 0 N–H and O–H groups in total. The number of aryl methyl sites for hydroxylation is 9. The van der Waals surface area contributed by atoms with Gasteiger partial charge in [-0.25, -0.2) is 0 Å². The van der Waals surface area contributed by atoms with Crippen molar-refractivity contribution in [2.45, 2.75) is 208 Å². The van der Waals surface area contributed by atoms with Gasteiger partial charge >= 0.3 is 0 Å². The van der Waals surface area contributed by atoms with Crippen LogP contribution in [0.2, 0.25) is 0 Å². The van der Waals surface area contributed by atoms with Gasteiger partial charge in [0.05, 0.1) is 0 Å². The SMILES string of the molecule is C.C.C.CC.CC.CC.CC.CC.CC.Cc1ccc(Cc2ccc(C)c(C)c2)cc1C.Cc1ccc(Cc2cccc(C)c2C)cc1C.Cc1cccc(Cc2cccc(C)c2C)c1C. The molecule has 6 aromatic carbocycles. The van der Waals surface area contributed by atoms with Gasteiger partial charge in [-0.15, -0.1) is 0 Å². The van der Waals surface area contributed by atoms with Gasteiger partial charge in [-0.05, 0) is 202 Å². The van der Waals surface area contributed by atoms with E-state index < -0.39 is 0 Å². The van der Waals surface area contributed by atoms with Crippen LogP contribution in [-0.4, -0.2) is 0 Å². The van der Waals surface area contributed by atoms with Crippen molar-refractivity contribution in [3.63, 3.8) is 0 Å². The predicted molar refractivity (Wildman–Crippen MR) is 312 cm³/mol. The standard InChI is InChI=1S/3C17H20.6C2H6.3CH4/c1-12-5-7-16(9-14(12)3)11-17-8-6-13(2)15(4)10-17;1-12-7-5-9-16(14(12)3)11-17-10-6-8-13(2)15(17)4;1-12-8-9-16(10-14(12)3)11-17-7-5-6-13(2)15(17)4;6*1-2;;;/h3*5-10H,11H2,1-4H3;6*1-2H3;3*1H4. The van der Waals surface area contributed by atoms with Crippen molar-refractivity contribution >= 4 is 0 Å². The smallest absolute Gasteiger partial charge is 0.00203 e. The van der Waals surface area contributed by atoms with Crippen molar-refractivity contribution in [2.24, 2.45) is 0 Å². The fourth-order valence-electron chi connectivity index (χ4n) is 6.41. The van der Waals surface area contributed by atoms with Crippen molar-refractivity contribution in [1.29, 1.82) is 0 Å². The minimum atomic E-state index is 0. The second-order valence-electron chi connectivity index (χ2n) is 14.9. The van der Waals surface area contributed by atoms with Gasteiger partial charge in [0.25, 0.3) is 0 Å². The Bertz CT molecular complexity index is 1990. The summed E-state index contributed by atoms with van der Waals surface area (Å²) in [7, 11) is 0. The number of rotatable bonds is 6. The monoisotopic (exact) mass is 901 g/mol. The quantitative estimate of drug-likeness (QED) is 0.156. The lowest BCUT2D eigenvalue weighted by Gasteiger charge is -2.12. The minimum Gasteiger partial charge on any atom is -0.0776 e. The zero-order valence-corrected chi connectivity index (χ0v) is 45.5. The topological polar surface area (TPSA) is 0 Å². The second-order valence-corrected chi connectivity index (χ2v) is 14.9. The third-order valence-electron chi connectivity index (χ3n) is 11.0. The minimum absolute atomic E-state index is 0. The van der Waals surface area contributed by atoms with Crippen molar-refractivity contribution in [3.05, 3.63) is 209 Å². The summed E-state index contributed by atoms with van der Waals surface area (Å²) in [4.78, 5) is 0. The van der Waals surface area contributed by atoms with Crippen LogP contribution >= 0.6 is 0 Å². The summed E-state index contributed by atoms with van der Waals surface area (Å²) in [6.45, 7) is 50.2. The molecule has 0 aliphatic rings. The highest BCUT2D eigenvalue weighted by molar-refractivity contribution is 5.42. The first-order valence-corrected chi connectivity index (χ1v) is 24.6. The molecule has 6 rings (SSSR count). The Kier molecular flexibility index (Phi) is 47.4. The van der Waals surface area contributed by atoms with Crippen LogP contribution in [0.1, 0.15) is 206 Å². The molecule has 0 bridgehead atoms. The van der Waals surface area contributed by atoms with Gasteiger partial charge in [0.2, 0.25) is 0 Å². The van der Waals surface area contributed by atoms with Crippen LogP contribution in [0.25, 0.3) is 0 Å². The molecule has 0 aromatic heterocycles. The zero-order chi connectivity index (χ0) is 49.2. The summed E-state index contributed by atoms with van der Waals surface area (Å²) < 4.78 is 0. The molecule has 6 aromatic rings. The third-order valence-corrected chi connectivity index (χ3v) is 11.0. The molecule has 0 saturated heterocycles. The first-order valence-electron chi connectivity index (χ1n) is 24.6. The summed E-state index contributed by atoms with van der Waals surface area (Å²) in [6, 6.07) is 40.0. The summed E-state index contributed by atoms with van der Waals surface area (Å²) in [5, 5.41) is 0. The number of benzene rings is 6. The summed E-state index contributed by atoms with van der Waals surface area (Å²) in [6.07, 6.45) is 3.11. The van der Waals surface area contributed by atoms with Crippen LogP contribution < -0.4 is 0 Å². The maximum atomic E-state index is 2.30. The predicted octanol–water partition coefficient (Wildman–Crippen LogP) is 21.6. The van der Waals surface area contributed by atoms with E-state index in [4.69, 9.17) is 0 Å². The van der Waals surface area contributed by atoms with E-state index in [9.17, 15) is 0 Å². The first kappa shape index (κ1) is 72.9. The Morgan fingerprint density at radius 1 is 0.227 bits per heavy atom. The van der Waals surface area contributed by atoms with Crippen LogP contribution in [-0.2, 0) is 19.3 Å². The van der Waals surface area contributed by atoms with E-state index in [1.807, 2.05) is 83.1 Å². The molecular formula is C66H108. The molecule has 0 unspecified atom stereocenters. The molecule has 66 heavy (non-hydrogen) atoms. The van der Waals surface area contributed by atoms with Crippen molar-refractivity contribution < 1.29 is 0 Å². The molecule has 0 saturated carbocycles. The van der Waals surface area contributed by atoms with E-state index in [2.05, 4.69) is 192 Å². The van der Waals surface area contributed by atoms with Gasteiger partial charge < -0.3 is 0 Å². The third kappa shape index (κ3) is 25.9. The molecule has 0 amide bonds. The van der Waals surface area contributed by atoms with Crippen molar-refractivity contribution in [1.82, 2.24) is 0 Å². The summed E-state index contributed by atoms with van der Waals surface area (Å²) in [5.41, 5.74) is 25.2. The zero-order valence-electron chi connectivity index (χ0n) is 45.5. The fourth-order valence-corrected chi connectivity index (χ4v) is 6.41. The van der Waals surface area contributed by atoms with Crippen molar-refractivity contribution in [3.8, 4) is 0 Å². The largest absolute Gasteiger partial charge is 0.0776 e. The highest BCUT2D eigenvalue weighted by Gasteiger charge is 2.06. The molecule has 0 aliphatic carbocycles. The molecule has 0 nitrogen and oxygen atoms in total. The Morgan fingerprint density at radius 3 is 0.697 bits per heavy atom. The van der Waals surface area contributed by atoms with Gasteiger partial charge in [-0.2, -0.15) is 0 Å². The maximum Gasteiger partial charge on any atom is -0.00203 e. The molecule has 0 atom stereocenters. The van der Waals surface area contributed by atoms with Gasteiger partial charge in [-0.1, -0.05) is 215 Å². The van der Waals surface area contributed by atoms with Gasteiger partial charge in [-0.3, -0.25) is 0 Å². The Morgan fingerprint density at radius 2 is 0.455 bits per heavy atom. The molecule has 0 radical (unpaired) electrons. The molecule has 0 spiro atoms. The van der Waals surface area contributed by atoms with E-state index in [-0.39, 0.29) is 22.3 Å². The first-order chi connectivity index (χ1) is 30.2. The average molecular weight is 902 g/mol. The van der Waals surface area contributed by atoms with E-state index >= 15 is 0 Å². The van der Waals surface area contributed by atoms with E-state index in [0.29, 0.717) is 0 Å².